The first kappa shape index (κ1) is 19.9. The average molecular weight is 387 g/mol. The molecule has 1 spiro atoms. The molecule has 154 valence electrons. The maximum atomic E-state index is 12.9. The number of benzene rings is 1. The van der Waals surface area contributed by atoms with Crippen LogP contribution in [0.3, 0.4) is 0 Å². The first-order valence-electron chi connectivity index (χ1n) is 10.9. The van der Waals surface area contributed by atoms with E-state index in [2.05, 4.69) is 34.9 Å². The van der Waals surface area contributed by atoms with Crippen molar-refractivity contribution in [2.45, 2.75) is 62.5 Å². The van der Waals surface area contributed by atoms with Crippen molar-refractivity contribution in [1.29, 1.82) is 0 Å². The molecule has 1 aliphatic heterocycles. The van der Waals surface area contributed by atoms with Gasteiger partial charge in [0.15, 0.2) is 0 Å². The molecule has 1 amide bonds. The summed E-state index contributed by atoms with van der Waals surface area (Å²) < 4.78 is 11.7. The molecular weight excluding hydrogens is 352 g/mol. The van der Waals surface area contributed by atoms with Gasteiger partial charge in [-0.25, -0.2) is 0 Å². The SMILES string of the molecule is COCCO[C@H]1[C@H](NC(=O)CC2CCCC2)c2ccccc2C12CCNCC2. The summed E-state index contributed by atoms with van der Waals surface area (Å²) in [5.74, 6) is 0.732. The summed E-state index contributed by atoms with van der Waals surface area (Å²) in [5, 5.41) is 6.88. The van der Waals surface area contributed by atoms with Crippen LogP contribution in [0.4, 0.5) is 0 Å². The summed E-state index contributed by atoms with van der Waals surface area (Å²) in [5.41, 5.74) is 2.58. The number of piperidine rings is 1. The predicted octanol–water partition coefficient (Wildman–Crippen LogP) is 3.09. The molecule has 2 atom stereocenters. The van der Waals surface area contributed by atoms with Crippen LogP contribution in [0.5, 0.6) is 0 Å². The van der Waals surface area contributed by atoms with Gasteiger partial charge in [-0.1, -0.05) is 37.1 Å². The summed E-state index contributed by atoms with van der Waals surface area (Å²) in [7, 11) is 1.70. The molecular formula is C23H34N2O3. The lowest BCUT2D eigenvalue weighted by atomic mass is 9.72. The molecule has 0 bridgehead atoms. The van der Waals surface area contributed by atoms with Gasteiger partial charge in [-0.2, -0.15) is 0 Å². The lowest BCUT2D eigenvalue weighted by molar-refractivity contribution is -0.125. The molecule has 1 saturated heterocycles. The highest BCUT2D eigenvalue weighted by atomic mass is 16.5. The van der Waals surface area contributed by atoms with Gasteiger partial charge in [0.1, 0.15) is 0 Å². The molecule has 5 heteroatoms. The molecule has 0 unspecified atom stereocenters. The number of fused-ring (bicyclic) bond motifs is 2. The Hall–Kier alpha value is -1.43. The van der Waals surface area contributed by atoms with Crippen molar-refractivity contribution in [3.8, 4) is 0 Å². The zero-order valence-corrected chi connectivity index (χ0v) is 17.0. The maximum Gasteiger partial charge on any atom is 0.220 e. The van der Waals surface area contributed by atoms with Crippen LogP contribution in [0, 0.1) is 5.92 Å². The highest BCUT2D eigenvalue weighted by Crippen LogP contribution is 2.51. The van der Waals surface area contributed by atoms with Gasteiger partial charge in [0, 0.05) is 18.9 Å². The Morgan fingerprint density at radius 2 is 1.93 bits per heavy atom. The fourth-order valence-corrected chi connectivity index (χ4v) is 5.66. The zero-order valence-electron chi connectivity index (χ0n) is 17.0. The van der Waals surface area contributed by atoms with Crippen LogP contribution in [-0.4, -0.2) is 45.4 Å². The number of amides is 1. The van der Waals surface area contributed by atoms with Crippen molar-refractivity contribution in [2.24, 2.45) is 5.92 Å². The number of hydrogen-bond acceptors (Lipinski definition) is 4. The minimum atomic E-state index is -0.0694. The third kappa shape index (κ3) is 3.85. The molecule has 2 N–H and O–H groups in total. The van der Waals surface area contributed by atoms with Gasteiger partial charge in [-0.3, -0.25) is 4.79 Å². The summed E-state index contributed by atoms with van der Waals surface area (Å²) in [6, 6.07) is 8.56. The second-order valence-electron chi connectivity index (χ2n) is 8.68. The van der Waals surface area contributed by atoms with E-state index >= 15 is 0 Å². The van der Waals surface area contributed by atoms with E-state index in [1.54, 1.807) is 7.11 Å². The summed E-state index contributed by atoms with van der Waals surface area (Å²) in [6.07, 6.45) is 7.61. The van der Waals surface area contributed by atoms with Gasteiger partial charge >= 0.3 is 0 Å². The minimum Gasteiger partial charge on any atom is -0.382 e. The van der Waals surface area contributed by atoms with Crippen molar-refractivity contribution in [3.05, 3.63) is 35.4 Å². The summed E-state index contributed by atoms with van der Waals surface area (Å²) >= 11 is 0. The standard InChI is InChI=1S/C23H34N2O3/c1-27-14-15-28-22-21(25-20(26)16-17-6-2-3-7-17)18-8-4-5-9-19(18)23(22)10-12-24-13-11-23/h4-5,8-9,17,21-22,24H,2-3,6-7,10-16H2,1H3,(H,25,26)/t21-,22+/m1/s1. The van der Waals surface area contributed by atoms with Crippen LogP contribution in [0.25, 0.3) is 0 Å². The van der Waals surface area contributed by atoms with Gasteiger partial charge in [0.05, 0.1) is 25.4 Å². The number of methoxy groups -OCH3 is 1. The first-order valence-corrected chi connectivity index (χ1v) is 10.9. The van der Waals surface area contributed by atoms with Gasteiger partial charge in [-0.15, -0.1) is 0 Å². The number of carbonyl (C=O) groups is 1. The van der Waals surface area contributed by atoms with E-state index < -0.39 is 0 Å². The van der Waals surface area contributed by atoms with E-state index in [4.69, 9.17) is 9.47 Å². The Morgan fingerprint density at radius 1 is 1.18 bits per heavy atom. The molecule has 3 aliphatic rings. The molecule has 0 aromatic heterocycles. The van der Waals surface area contributed by atoms with Crippen LogP contribution >= 0.6 is 0 Å². The smallest absolute Gasteiger partial charge is 0.220 e. The summed E-state index contributed by atoms with van der Waals surface area (Å²) in [4.78, 5) is 12.9. The molecule has 1 heterocycles. The van der Waals surface area contributed by atoms with E-state index in [0.29, 0.717) is 25.6 Å². The molecule has 1 saturated carbocycles. The Bertz CT molecular complexity index is 666. The van der Waals surface area contributed by atoms with Crippen LogP contribution in [0.15, 0.2) is 24.3 Å². The number of hydrogen-bond donors (Lipinski definition) is 2. The number of carbonyl (C=O) groups excluding carboxylic acids is 1. The second kappa shape index (κ2) is 8.93. The lowest BCUT2D eigenvalue weighted by Gasteiger charge is -2.41. The van der Waals surface area contributed by atoms with Gasteiger partial charge < -0.3 is 20.1 Å². The minimum absolute atomic E-state index is 0.0269. The van der Waals surface area contributed by atoms with Gasteiger partial charge in [0.25, 0.3) is 0 Å². The molecule has 28 heavy (non-hydrogen) atoms. The van der Waals surface area contributed by atoms with Crippen molar-refractivity contribution in [3.63, 3.8) is 0 Å². The monoisotopic (exact) mass is 386 g/mol. The van der Waals surface area contributed by atoms with Crippen LogP contribution < -0.4 is 10.6 Å². The Morgan fingerprint density at radius 3 is 2.68 bits per heavy atom. The lowest BCUT2D eigenvalue weighted by Crippen LogP contribution is -2.50. The molecule has 0 radical (unpaired) electrons. The van der Waals surface area contributed by atoms with Crippen LogP contribution in [0.1, 0.15) is 62.1 Å². The second-order valence-corrected chi connectivity index (χ2v) is 8.68. The van der Waals surface area contributed by atoms with E-state index in [0.717, 1.165) is 25.9 Å². The Balaban J connectivity index is 1.58. The third-order valence-corrected chi connectivity index (χ3v) is 7.03. The quantitative estimate of drug-likeness (QED) is 0.707. The molecule has 2 aliphatic carbocycles. The maximum absolute atomic E-state index is 12.9. The van der Waals surface area contributed by atoms with E-state index in [-0.39, 0.29) is 23.5 Å². The van der Waals surface area contributed by atoms with Gasteiger partial charge in [-0.05, 0) is 55.8 Å². The predicted molar refractivity (Wildman–Crippen MR) is 109 cm³/mol. The molecule has 4 rings (SSSR count). The molecule has 1 aromatic rings. The average Bonchev–Trinajstić information content (AvgIpc) is 3.30. The highest BCUT2D eigenvalue weighted by molar-refractivity contribution is 5.77. The number of nitrogens with one attached hydrogen (secondary N) is 2. The largest absolute Gasteiger partial charge is 0.382 e. The van der Waals surface area contributed by atoms with Gasteiger partial charge in [0.2, 0.25) is 5.91 Å². The van der Waals surface area contributed by atoms with Crippen LogP contribution in [-0.2, 0) is 19.7 Å². The van der Waals surface area contributed by atoms with Crippen molar-refractivity contribution in [2.75, 3.05) is 33.4 Å². The fourth-order valence-electron chi connectivity index (χ4n) is 5.66. The summed E-state index contributed by atoms with van der Waals surface area (Å²) in [6.45, 7) is 3.10. The van der Waals surface area contributed by atoms with Crippen molar-refractivity contribution in [1.82, 2.24) is 10.6 Å². The highest BCUT2D eigenvalue weighted by Gasteiger charge is 2.53. The third-order valence-electron chi connectivity index (χ3n) is 7.03. The Labute approximate surface area is 168 Å². The number of rotatable bonds is 7. The van der Waals surface area contributed by atoms with E-state index in [1.807, 2.05) is 0 Å². The van der Waals surface area contributed by atoms with E-state index in [9.17, 15) is 4.79 Å². The topological polar surface area (TPSA) is 59.6 Å². The van der Waals surface area contributed by atoms with Crippen molar-refractivity contribution >= 4 is 5.91 Å². The fraction of sp³-hybridized carbons (Fsp3) is 0.696. The Kier molecular flexibility index (Phi) is 6.34. The first-order chi connectivity index (χ1) is 13.7. The molecule has 2 fully saturated rings. The molecule has 1 aromatic carbocycles. The van der Waals surface area contributed by atoms with E-state index in [1.165, 1.54) is 36.8 Å². The molecule has 5 nitrogen and oxygen atoms in total. The normalized spacial score (nSPS) is 26.5. The van der Waals surface area contributed by atoms with Crippen LogP contribution in [0.2, 0.25) is 0 Å². The number of ether oxygens (including phenoxy) is 2. The zero-order chi connectivity index (χ0) is 19.4. The van der Waals surface area contributed by atoms with Crippen molar-refractivity contribution < 1.29 is 14.3 Å².